The van der Waals surface area contributed by atoms with Crippen LogP contribution in [0.15, 0.2) is 0 Å². The maximum absolute atomic E-state index is 8.38. The minimum atomic E-state index is -0.997. The lowest BCUT2D eigenvalue weighted by atomic mass is 10.8. The third-order valence-corrected chi connectivity index (χ3v) is 1.10. The molecular formula is C5H12Cl3NO4. The molecule has 0 spiro atoms. The molecule has 8 heteroatoms. The third kappa shape index (κ3) is 8.99. The van der Waals surface area contributed by atoms with E-state index >= 15 is 0 Å². The highest BCUT2D eigenvalue weighted by Gasteiger charge is 2.13. The van der Waals surface area contributed by atoms with Crippen molar-refractivity contribution in [2.45, 2.75) is 4.96 Å². The van der Waals surface area contributed by atoms with Crippen LogP contribution in [0.4, 0.5) is 0 Å². The van der Waals surface area contributed by atoms with Gasteiger partial charge in [0.25, 0.3) is 0 Å². The van der Waals surface area contributed by atoms with E-state index in [1.807, 2.05) is 0 Å². The number of rotatable bonds is 7. The number of hydrogen-bond acceptors (Lipinski definition) is 5. The summed E-state index contributed by atoms with van der Waals surface area (Å²) in [6, 6.07) is 0. The van der Waals surface area contributed by atoms with Gasteiger partial charge in [0.1, 0.15) is 0 Å². The van der Waals surface area contributed by atoms with Crippen molar-refractivity contribution < 1.29 is 19.9 Å². The minimum Gasteiger partial charge on any atom is -0.394 e. The van der Waals surface area contributed by atoms with E-state index < -0.39 is 4.96 Å². The van der Waals surface area contributed by atoms with E-state index in [9.17, 15) is 0 Å². The second-order valence-electron chi connectivity index (χ2n) is 1.68. The fourth-order valence-electron chi connectivity index (χ4n) is 0.412. The molecule has 0 aliphatic rings. The molecule has 0 aliphatic carbocycles. The average Bonchev–Trinajstić information content (AvgIpc) is 2.04. The van der Waals surface area contributed by atoms with Gasteiger partial charge in [-0.05, 0) is 5.23 Å². The van der Waals surface area contributed by atoms with Crippen molar-refractivity contribution in [3.05, 3.63) is 0 Å². The number of alkyl halides is 2. The summed E-state index contributed by atoms with van der Waals surface area (Å²) in [4.78, 5) is 8.48. The first-order valence-electron chi connectivity index (χ1n) is 3.27. The van der Waals surface area contributed by atoms with Crippen molar-refractivity contribution in [1.82, 2.24) is 5.23 Å². The van der Waals surface area contributed by atoms with Crippen molar-refractivity contribution in [2.24, 2.45) is 0 Å². The van der Waals surface area contributed by atoms with Gasteiger partial charge in [0, 0.05) is 0 Å². The second-order valence-corrected chi connectivity index (χ2v) is 2.73. The van der Waals surface area contributed by atoms with Crippen molar-refractivity contribution >= 4 is 35.6 Å². The molecule has 0 aromatic heterocycles. The van der Waals surface area contributed by atoms with Gasteiger partial charge in [-0.25, -0.2) is 0 Å². The molecule has 0 rings (SSSR count). The molecule has 0 bridgehead atoms. The molecule has 0 aliphatic heterocycles. The average molecular weight is 257 g/mol. The number of hydroxylamine groups is 2. The van der Waals surface area contributed by atoms with Crippen molar-refractivity contribution in [1.29, 1.82) is 0 Å². The van der Waals surface area contributed by atoms with E-state index in [0.29, 0.717) is 0 Å². The van der Waals surface area contributed by atoms with Gasteiger partial charge in [0.05, 0.1) is 26.4 Å². The van der Waals surface area contributed by atoms with Crippen molar-refractivity contribution in [3.8, 4) is 0 Å². The van der Waals surface area contributed by atoms with E-state index in [1.165, 1.54) is 0 Å². The van der Waals surface area contributed by atoms with Crippen molar-refractivity contribution in [2.75, 3.05) is 26.4 Å². The Morgan fingerprint density at radius 1 is 1.08 bits per heavy atom. The molecule has 0 saturated heterocycles. The summed E-state index contributed by atoms with van der Waals surface area (Å²) < 4.78 is 0. The molecule has 0 fully saturated rings. The lowest BCUT2D eigenvalue weighted by Gasteiger charge is -2.20. The van der Waals surface area contributed by atoms with E-state index in [-0.39, 0.29) is 38.8 Å². The van der Waals surface area contributed by atoms with Crippen LogP contribution in [0.25, 0.3) is 0 Å². The van der Waals surface area contributed by atoms with Crippen LogP contribution in [-0.2, 0) is 9.68 Å². The molecule has 2 N–H and O–H groups in total. The molecule has 0 unspecified atom stereocenters. The summed E-state index contributed by atoms with van der Waals surface area (Å²) in [5.41, 5.74) is 0. The smallest absolute Gasteiger partial charge is 0.209 e. The second kappa shape index (κ2) is 10.7. The lowest BCUT2D eigenvalue weighted by Crippen LogP contribution is -2.30. The van der Waals surface area contributed by atoms with Gasteiger partial charge in [-0.3, -0.25) is 9.68 Å². The monoisotopic (exact) mass is 255 g/mol. The third-order valence-electron chi connectivity index (χ3n) is 0.779. The number of aliphatic hydroxyl groups excluding tert-OH is 2. The van der Waals surface area contributed by atoms with Crippen LogP contribution in [0, 0.1) is 0 Å². The standard InChI is InChI=1S/C5H11Cl2NO4.ClH/c6-5(7)8(11-3-1-9)12-4-2-10;/h5,9-10H,1-4H2;1H. The lowest BCUT2D eigenvalue weighted by molar-refractivity contribution is -0.368. The van der Waals surface area contributed by atoms with Crippen LogP contribution < -0.4 is 0 Å². The fourth-order valence-corrected chi connectivity index (χ4v) is 0.637. The van der Waals surface area contributed by atoms with Gasteiger partial charge < -0.3 is 10.2 Å². The molecule has 0 aromatic rings. The molecule has 0 radical (unpaired) electrons. The molecule has 0 amide bonds. The Morgan fingerprint density at radius 3 is 1.69 bits per heavy atom. The van der Waals surface area contributed by atoms with E-state index in [2.05, 4.69) is 0 Å². The predicted molar refractivity (Wildman–Crippen MR) is 50.7 cm³/mol. The minimum absolute atomic E-state index is 0. The van der Waals surface area contributed by atoms with Gasteiger partial charge in [-0.2, -0.15) is 0 Å². The van der Waals surface area contributed by atoms with Crippen LogP contribution in [-0.4, -0.2) is 46.8 Å². The van der Waals surface area contributed by atoms with E-state index in [0.717, 1.165) is 5.23 Å². The highest BCUT2D eigenvalue weighted by molar-refractivity contribution is 6.43. The summed E-state index contributed by atoms with van der Waals surface area (Å²) in [5, 5.41) is 17.6. The summed E-state index contributed by atoms with van der Waals surface area (Å²) in [6.07, 6.45) is 0. The first kappa shape index (κ1) is 16.1. The highest BCUT2D eigenvalue weighted by Crippen LogP contribution is 2.10. The summed E-state index contributed by atoms with van der Waals surface area (Å²) in [7, 11) is 0. The predicted octanol–water partition coefficient (Wildman–Crippen LogP) is 0.319. The number of aliphatic hydroxyl groups is 2. The number of halogens is 3. The van der Waals surface area contributed by atoms with E-state index in [4.69, 9.17) is 43.1 Å². The largest absolute Gasteiger partial charge is 0.394 e. The molecular weight excluding hydrogens is 244 g/mol. The molecule has 0 heterocycles. The van der Waals surface area contributed by atoms with Crippen molar-refractivity contribution in [3.63, 3.8) is 0 Å². The Balaban J connectivity index is 0. The first-order chi connectivity index (χ1) is 5.72. The fraction of sp³-hybridized carbons (Fsp3) is 1.00. The summed E-state index contributed by atoms with van der Waals surface area (Å²) >= 11 is 10.8. The molecule has 0 aromatic carbocycles. The zero-order valence-electron chi connectivity index (χ0n) is 6.73. The molecule has 0 atom stereocenters. The zero-order chi connectivity index (χ0) is 9.40. The molecule has 82 valence electrons. The zero-order valence-corrected chi connectivity index (χ0v) is 9.06. The maximum atomic E-state index is 8.38. The van der Waals surface area contributed by atoms with Crippen LogP contribution in [0.1, 0.15) is 0 Å². The van der Waals surface area contributed by atoms with Crippen LogP contribution in [0.3, 0.4) is 0 Å². The highest BCUT2D eigenvalue weighted by atomic mass is 35.5. The summed E-state index contributed by atoms with van der Waals surface area (Å²) in [5.74, 6) is 0. The normalized spacial score (nSPS) is 10.6. The summed E-state index contributed by atoms with van der Waals surface area (Å²) in [6.45, 7) is -0.276. The Kier molecular flexibility index (Phi) is 13.3. The van der Waals surface area contributed by atoms with E-state index in [1.54, 1.807) is 0 Å². The first-order valence-corrected chi connectivity index (χ1v) is 4.14. The van der Waals surface area contributed by atoms with Gasteiger partial charge in [0.2, 0.25) is 4.96 Å². The Labute approximate surface area is 92.4 Å². The molecule has 0 saturated carbocycles. The number of nitrogens with zero attached hydrogens (tertiary/aromatic N) is 1. The Bertz CT molecular complexity index is 99.8. The van der Waals surface area contributed by atoms with Crippen LogP contribution >= 0.6 is 35.6 Å². The van der Waals surface area contributed by atoms with Gasteiger partial charge >= 0.3 is 0 Å². The Hall–Kier alpha value is 0.670. The molecule has 5 nitrogen and oxygen atoms in total. The Morgan fingerprint density at radius 2 is 1.46 bits per heavy atom. The van der Waals surface area contributed by atoms with Crippen LogP contribution in [0.5, 0.6) is 0 Å². The SMILES string of the molecule is Cl.OCCON(OCCO)C(Cl)Cl. The quantitative estimate of drug-likeness (QED) is 0.390. The maximum Gasteiger partial charge on any atom is 0.209 e. The van der Waals surface area contributed by atoms with Gasteiger partial charge in [-0.15, -0.1) is 12.4 Å². The topological polar surface area (TPSA) is 62.2 Å². The van der Waals surface area contributed by atoms with Gasteiger partial charge in [0.15, 0.2) is 0 Å². The van der Waals surface area contributed by atoms with Crippen LogP contribution in [0.2, 0.25) is 0 Å². The van der Waals surface area contributed by atoms with Gasteiger partial charge in [-0.1, -0.05) is 23.2 Å². The number of hydrogen-bond donors (Lipinski definition) is 2. The molecule has 13 heavy (non-hydrogen) atoms.